The predicted octanol–water partition coefficient (Wildman–Crippen LogP) is 4.07. The van der Waals surface area contributed by atoms with Crippen molar-refractivity contribution in [3.8, 4) is 0 Å². The monoisotopic (exact) mass is 331 g/mol. The zero-order valence-electron chi connectivity index (χ0n) is 9.34. The summed E-state index contributed by atoms with van der Waals surface area (Å²) in [6.45, 7) is 2.12. The van der Waals surface area contributed by atoms with Gasteiger partial charge in [-0.2, -0.15) is 0 Å². The Morgan fingerprint density at radius 3 is 2.56 bits per heavy atom. The van der Waals surface area contributed by atoms with E-state index in [1.54, 1.807) is 3.51 Å². The topological polar surface area (TPSA) is 12.4 Å². The summed E-state index contributed by atoms with van der Waals surface area (Å²) in [4.78, 5) is 0. The molecule has 1 aliphatic rings. The fraction of sp³-hybridized carbons (Fsp3) is 0.385. The minimum atomic E-state index is -0.151. The van der Waals surface area contributed by atoms with Crippen LogP contribution >= 0.6 is 21.0 Å². The van der Waals surface area contributed by atoms with Gasteiger partial charge in [0.25, 0.3) is 0 Å². The second kappa shape index (κ2) is 5.66. The normalized spacial score (nSPS) is 16.1. The van der Waals surface area contributed by atoms with Crippen LogP contribution in [0.25, 0.3) is 0 Å². The van der Waals surface area contributed by atoms with Crippen molar-refractivity contribution in [2.45, 2.75) is 32.6 Å². The van der Waals surface area contributed by atoms with E-state index in [2.05, 4.69) is 10.1 Å². The lowest BCUT2D eigenvalue weighted by Crippen LogP contribution is -2.04. The summed E-state index contributed by atoms with van der Waals surface area (Å²) in [5.41, 5.74) is 2.54. The van der Waals surface area contributed by atoms with Crippen molar-refractivity contribution in [3.05, 3.63) is 35.6 Å². The van der Waals surface area contributed by atoms with Gasteiger partial charge in [-0.15, -0.1) is 0 Å². The van der Waals surface area contributed by atoms with Crippen LogP contribution in [0.1, 0.15) is 31.7 Å². The summed E-state index contributed by atoms with van der Waals surface area (Å²) in [7, 11) is 0. The summed E-state index contributed by atoms with van der Waals surface area (Å²) < 4.78 is 18.9. The maximum atomic E-state index is 12.7. The molecular weight excluding hydrogens is 316 g/mol. The Morgan fingerprint density at radius 2 is 1.94 bits per heavy atom. The van der Waals surface area contributed by atoms with Gasteiger partial charge in [-0.05, 0) is 53.8 Å². The highest BCUT2D eigenvalue weighted by atomic mass is 127. The molecule has 86 valence electrons. The summed E-state index contributed by atoms with van der Waals surface area (Å²) in [5, 5.41) is 0. The van der Waals surface area contributed by atoms with E-state index in [4.69, 9.17) is 0 Å². The van der Waals surface area contributed by atoms with Gasteiger partial charge in [-0.1, -0.05) is 12.1 Å². The van der Waals surface area contributed by atoms with Crippen molar-refractivity contribution in [1.82, 2.24) is 0 Å². The Morgan fingerprint density at radius 1 is 1.19 bits per heavy atom. The van der Waals surface area contributed by atoms with Gasteiger partial charge >= 0.3 is 0 Å². The van der Waals surface area contributed by atoms with Gasteiger partial charge in [-0.25, -0.2) is 7.60 Å². The third-order valence-electron chi connectivity index (χ3n) is 2.66. The van der Waals surface area contributed by atoms with Crippen LogP contribution in [0.3, 0.4) is 0 Å². The van der Waals surface area contributed by atoms with Crippen LogP contribution in [-0.2, 0) is 6.42 Å². The molecule has 0 aromatic heterocycles. The molecule has 1 aliphatic heterocycles. The number of benzene rings is 1. The molecule has 0 atom stereocenters. The van der Waals surface area contributed by atoms with Crippen LogP contribution in [0.4, 0.5) is 4.39 Å². The molecule has 0 aliphatic carbocycles. The second-order valence-electron chi connectivity index (χ2n) is 4.05. The number of rotatable bonds is 3. The molecule has 0 radical (unpaired) electrons. The van der Waals surface area contributed by atoms with Gasteiger partial charge in [0.15, 0.2) is 0 Å². The largest absolute Gasteiger partial charge is 0.232 e. The standard InChI is InChI=1S/C13H15FIN/c1-10-2-8-13(15-16-10)9-5-11-3-6-12(14)7-4-11/h3-4,6-7H,2,5,8-9H2,1H3. The highest BCUT2D eigenvalue weighted by Crippen LogP contribution is 2.19. The van der Waals surface area contributed by atoms with Crippen molar-refractivity contribution in [2.24, 2.45) is 3.21 Å². The number of hydrogen-bond donors (Lipinski definition) is 0. The summed E-state index contributed by atoms with van der Waals surface area (Å²) >= 11 is -0.0656. The molecule has 0 fully saturated rings. The van der Waals surface area contributed by atoms with Gasteiger partial charge in [0, 0.05) is 26.7 Å². The molecule has 0 saturated carbocycles. The third-order valence-corrected chi connectivity index (χ3v) is 5.49. The molecule has 1 heterocycles. The van der Waals surface area contributed by atoms with Crippen molar-refractivity contribution in [3.63, 3.8) is 0 Å². The molecule has 1 aromatic carbocycles. The zero-order valence-corrected chi connectivity index (χ0v) is 11.5. The first kappa shape index (κ1) is 11.9. The van der Waals surface area contributed by atoms with Crippen LogP contribution in [0.2, 0.25) is 0 Å². The molecule has 0 saturated heterocycles. The van der Waals surface area contributed by atoms with E-state index in [9.17, 15) is 4.39 Å². The maximum Gasteiger partial charge on any atom is 0.123 e. The fourth-order valence-electron chi connectivity index (χ4n) is 1.63. The molecular formula is C13H15FIN. The smallest absolute Gasteiger partial charge is 0.123 e. The zero-order chi connectivity index (χ0) is 11.4. The lowest BCUT2D eigenvalue weighted by molar-refractivity contribution is 0.627. The van der Waals surface area contributed by atoms with Gasteiger partial charge in [0.2, 0.25) is 0 Å². The van der Waals surface area contributed by atoms with Crippen LogP contribution in [-0.4, -0.2) is 9.22 Å². The van der Waals surface area contributed by atoms with E-state index in [1.165, 1.54) is 29.8 Å². The van der Waals surface area contributed by atoms with Crippen molar-refractivity contribution >= 4 is 30.2 Å². The number of halogens is 2. The van der Waals surface area contributed by atoms with E-state index >= 15 is 0 Å². The molecule has 2 rings (SSSR count). The fourth-order valence-corrected chi connectivity index (χ4v) is 3.65. The lowest BCUT2D eigenvalue weighted by Gasteiger charge is -2.09. The van der Waals surface area contributed by atoms with Crippen molar-refractivity contribution in [2.75, 3.05) is 0 Å². The molecule has 16 heavy (non-hydrogen) atoms. The quantitative estimate of drug-likeness (QED) is 0.741. The Hall–Kier alpha value is -0.580. The predicted molar refractivity (Wildman–Crippen MR) is 76.1 cm³/mol. The first-order chi connectivity index (χ1) is 7.74. The number of hydrogen-bond acceptors (Lipinski definition) is 1. The Bertz CT molecular complexity index is 420. The minimum Gasteiger partial charge on any atom is -0.232 e. The second-order valence-corrected chi connectivity index (χ2v) is 6.54. The molecule has 1 nitrogen and oxygen atoms in total. The Labute approximate surface area is 106 Å². The van der Waals surface area contributed by atoms with E-state index in [1.807, 2.05) is 12.1 Å². The number of nitrogens with zero attached hydrogens (tertiary/aromatic N) is 1. The van der Waals surface area contributed by atoms with Gasteiger partial charge < -0.3 is 0 Å². The summed E-state index contributed by atoms with van der Waals surface area (Å²) in [6, 6.07) is 6.84. The Kier molecular flexibility index (Phi) is 4.21. The summed E-state index contributed by atoms with van der Waals surface area (Å²) in [6.07, 6.45) is 4.53. The van der Waals surface area contributed by atoms with Crippen LogP contribution < -0.4 is 0 Å². The van der Waals surface area contributed by atoms with Gasteiger partial charge in [0.1, 0.15) is 5.82 Å². The molecule has 0 amide bonds. The van der Waals surface area contributed by atoms with E-state index in [0.29, 0.717) is 0 Å². The summed E-state index contributed by atoms with van der Waals surface area (Å²) in [5.74, 6) is -0.151. The van der Waals surface area contributed by atoms with E-state index in [0.717, 1.165) is 19.3 Å². The molecule has 0 spiro atoms. The maximum absolute atomic E-state index is 12.7. The average Bonchev–Trinajstić information content (AvgIpc) is 2.30. The highest BCUT2D eigenvalue weighted by molar-refractivity contribution is 14.2. The Balaban J connectivity index is 1.90. The first-order valence-corrected chi connectivity index (χ1v) is 7.55. The van der Waals surface area contributed by atoms with Crippen LogP contribution in [0.15, 0.2) is 27.5 Å². The molecule has 0 bridgehead atoms. The highest BCUT2D eigenvalue weighted by Gasteiger charge is 2.05. The molecule has 1 aromatic rings. The molecule has 0 N–H and O–H groups in total. The minimum absolute atomic E-state index is 0.0656. The van der Waals surface area contributed by atoms with Crippen molar-refractivity contribution in [1.29, 1.82) is 0 Å². The van der Waals surface area contributed by atoms with E-state index in [-0.39, 0.29) is 26.8 Å². The van der Waals surface area contributed by atoms with Crippen LogP contribution in [0, 0.1) is 5.82 Å². The van der Waals surface area contributed by atoms with Crippen LogP contribution in [0.5, 0.6) is 0 Å². The molecule has 3 heteroatoms. The number of aryl methyl sites for hydroxylation is 1. The SMILES string of the molecule is CC1=NI=C(CCc2ccc(F)cc2)CC1. The van der Waals surface area contributed by atoms with Gasteiger partial charge in [-0.3, -0.25) is 0 Å². The van der Waals surface area contributed by atoms with Gasteiger partial charge in [0.05, 0.1) is 0 Å². The van der Waals surface area contributed by atoms with E-state index < -0.39 is 0 Å². The third kappa shape index (κ3) is 3.47. The average molecular weight is 331 g/mol. The first-order valence-electron chi connectivity index (χ1n) is 5.51. The molecule has 0 unspecified atom stereocenters. The lowest BCUT2D eigenvalue weighted by atomic mass is 10.1. The van der Waals surface area contributed by atoms with Crippen molar-refractivity contribution < 1.29 is 4.39 Å².